The SMILES string of the molecule is Cc1ccc(C(=O)OCC(=O)Nc2ccc(OC(F)(F)F)cc2)cc1[N+](=O)[O-]. The second-order valence-corrected chi connectivity index (χ2v) is 5.45. The first kappa shape index (κ1) is 20.7. The van der Waals surface area contributed by atoms with Gasteiger partial charge in [-0.1, -0.05) is 6.07 Å². The predicted octanol–water partition coefficient (Wildman–Crippen LogP) is 3.60. The van der Waals surface area contributed by atoms with E-state index < -0.39 is 35.5 Å². The number of hydrogen-bond donors (Lipinski definition) is 1. The van der Waals surface area contributed by atoms with Gasteiger partial charge in [-0.2, -0.15) is 0 Å². The molecule has 0 aromatic heterocycles. The predicted molar refractivity (Wildman–Crippen MR) is 89.9 cm³/mol. The van der Waals surface area contributed by atoms with Gasteiger partial charge in [0, 0.05) is 17.3 Å². The van der Waals surface area contributed by atoms with E-state index in [9.17, 15) is 32.9 Å². The van der Waals surface area contributed by atoms with Gasteiger partial charge in [0.1, 0.15) is 5.75 Å². The van der Waals surface area contributed by atoms with E-state index >= 15 is 0 Å². The van der Waals surface area contributed by atoms with Gasteiger partial charge in [0.25, 0.3) is 11.6 Å². The lowest BCUT2D eigenvalue weighted by Crippen LogP contribution is -2.21. The minimum Gasteiger partial charge on any atom is -0.452 e. The maximum Gasteiger partial charge on any atom is 0.573 e. The summed E-state index contributed by atoms with van der Waals surface area (Å²) in [6.07, 6.45) is -4.83. The number of carbonyl (C=O) groups is 2. The lowest BCUT2D eigenvalue weighted by molar-refractivity contribution is -0.385. The molecule has 0 heterocycles. The molecule has 0 aliphatic rings. The summed E-state index contributed by atoms with van der Waals surface area (Å²) in [5.74, 6) is -2.15. The zero-order chi connectivity index (χ0) is 20.9. The highest BCUT2D eigenvalue weighted by atomic mass is 19.4. The van der Waals surface area contributed by atoms with E-state index in [1.807, 2.05) is 0 Å². The summed E-state index contributed by atoms with van der Waals surface area (Å²) in [5.41, 5.74) is 0.151. The minimum atomic E-state index is -4.83. The van der Waals surface area contributed by atoms with Crippen LogP contribution in [0.1, 0.15) is 15.9 Å². The van der Waals surface area contributed by atoms with E-state index in [-0.39, 0.29) is 16.9 Å². The summed E-state index contributed by atoms with van der Waals surface area (Å²) in [5, 5.41) is 13.2. The number of nitro groups is 1. The second-order valence-electron chi connectivity index (χ2n) is 5.45. The number of anilines is 1. The lowest BCUT2D eigenvalue weighted by Gasteiger charge is -2.10. The van der Waals surface area contributed by atoms with E-state index in [1.54, 1.807) is 0 Å². The Hall–Kier alpha value is -3.63. The van der Waals surface area contributed by atoms with E-state index in [4.69, 9.17) is 4.74 Å². The Morgan fingerprint density at radius 1 is 1.14 bits per heavy atom. The first-order chi connectivity index (χ1) is 13.0. The number of ether oxygens (including phenoxy) is 2. The molecule has 2 rings (SSSR count). The van der Waals surface area contributed by atoms with E-state index in [2.05, 4.69) is 10.1 Å². The highest BCUT2D eigenvalue weighted by Crippen LogP contribution is 2.24. The van der Waals surface area contributed by atoms with Gasteiger partial charge in [0.05, 0.1) is 10.5 Å². The third-order valence-corrected chi connectivity index (χ3v) is 3.35. The molecule has 148 valence electrons. The molecule has 0 aliphatic carbocycles. The Labute approximate surface area is 156 Å². The maximum atomic E-state index is 12.1. The summed E-state index contributed by atoms with van der Waals surface area (Å²) in [7, 11) is 0. The first-order valence-corrected chi connectivity index (χ1v) is 7.63. The molecule has 1 amide bonds. The number of benzene rings is 2. The molecule has 0 radical (unpaired) electrons. The molecule has 0 spiro atoms. The molecule has 0 saturated carbocycles. The molecule has 28 heavy (non-hydrogen) atoms. The standard InChI is InChI=1S/C17H13F3N2O6/c1-10-2-3-11(8-14(10)22(25)26)16(24)27-9-15(23)21-12-4-6-13(7-5-12)28-17(18,19)20/h2-8H,9H2,1H3,(H,21,23). The number of nitro benzene ring substituents is 1. The zero-order valence-electron chi connectivity index (χ0n) is 14.3. The van der Waals surface area contributed by atoms with Gasteiger partial charge in [-0.25, -0.2) is 4.79 Å². The molecule has 8 nitrogen and oxygen atoms in total. The maximum absolute atomic E-state index is 12.1. The summed E-state index contributed by atoms with van der Waals surface area (Å²) in [6.45, 7) is 0.813. The largest absolute Gasteiger partial charge is 0.573 e. The van der Waals surface area contributed by atoms with Gasteiger partial charge in [0.2, 0.25) is 0 Å². The summed E-state index contributed by atoms with van der Waals surface area (Å²) < 4.78 is 44.7. The van der Waals surface area contributed by atoms with E-state index in [0.717, 1.165) is 18.2 Å². The Morgan fingerprint density at radius 2 is 1.79 bits per heavy atom. The van der Waals surface area contributed by atoms with Gasteiger partial charge >= 0.3 is 12.3 Å². The van der Waals surface area contributed by atoms with Gasteiger partial charge in [0.15, 0.2) is 6.61 Å². The van der Waals surface area contributed by atoms with Crippen LogP contribution in [0.5, 0.6) is 5.75 Å². The van der Waals surface area contributed by atoms with Crippen molar-refractivity contribution in [2.24, 2.45) is 0 Å². The second kappa shape index (κ2) is 8.37. The molecular formula is C17H13F3N2O6. The smallest absolute Gasteiger partial charge is 0.452 e. The average Bonchev–Trinajstić information content (AvgIpc) is 2.60. The molecule has 1 N–H and O–H groups in total. The number of nitrogens with zero attached hydrogens (tertiary/aromatic N) is 1. The van der Waals surface area contributed by atoms with Gasteiger partial charge in [-0.3, -0.25) is 14.9 Å². The minimum absolute atomic E-state index is 0.0984. The third-order valence-electron chi connectivity index (χ3n) is 3.35. The normalized spacial score (nSPS) is 10.9. The Kier molecular flexibility index (Phi) is 6.18. The summed E-state index contributed by atoms with van der Waals surface area (Å²) in [6, 6.07) is 8.08. The van der Waals surface area contributed by atoms with Crippen LogP contribution in [0.3, 0.4) is 0 Å². The van der Waals surface area contributed by atoms with Crippen LogP contribution < -0.4 is 10.1 Å². The van der Waals surface area contributed by atoms with Crippen molar-refractivity contribution >= 4 is 23.3 Å². The molecule has 0 fully saturated rings. The van der Waals surface area contributed by atoms with Crippen molar-refractivity contribution in [3.8, 4) is 5.75 Å². The number of hydrogen-bond acceptors (Lipinski definition) is 6. The fraction of sp³-hybridized carbons (Fsp3) is 0.176. The monoisotopic (exact) mass is 398 g/mol. The average molecular weight is 398 g/mol. The van der Waals surface area contributed by atoms with Crippen LogP contribution in [0.15, 0.2) is 42.5 Å². The lowest BCUT2D eigenvalue weighted by atomic mass is 10.1. The Morgan fingerprint density at radius 3 is 2.36 bits per heavy atom. The Bertz CT molecular complexity index is 897. The highest BCUT2D eigenvalue weighted by Gasteiger charge is 2.31. The molecule has 0 saturated heterocycles. The fourth-order valence-corrected chi connectivity index (χ4v) is 2.08. The van der Waals surface area contributed by atoms with E-state index in [0.29, 0.717) is 5.56 Å². The van der Waals surface area contributed by atoms with Crippen LogP contribution >= 0.6 is 0 Å². The molecule has 11 heteroatoms. The van der Waals surface area contributed by atoms with Crippen LogP contribution in [-0.2, 0) is 9.53 Å². The van der Waals surface area contributed by atoms with Crippen molar-refractivity contribution < 1.29 is 37.2 Å². The van der Waals surface area contributed by atoms with Crippen LogP contribution in [-0.4, -0.2) is 29.8 Å². The van der Waals surface area contributed by atoms with Gasteiger partial charge in [-0.05, 0) is 37.3 Å². The van der Waals surface area contributed by atoms with E-state index in [1.165, 1.54) is 31.2 Å². The summed E-state index contributed by atoms with van der Waals surface area (Å²) >= 11 is 0. The van der Waals surface area contributed by atoms with Crippen LogP contribution in [0.2, 0.25) is 0 Å². The number of carbonyl (C=O) groups excluding carboxylic acids is 2. The first-order valence-electron chi connectivity index (χ1n) is 7.63. The number of alkyl halides is 3. The number of aryl methyl sites for hydroxylation is 1. The molecule has 2 aromatic rings. The van der Waals surface area contributed by atoms with Crippen LogP contribution in [0, 0.1) is 17.0 Å². The number of esters is 1. The molecule has 0 unspecified atom stereocenters. The van der Waals surface area contributed by atoms with Gasteiger partial charge in [-0.15, -0.1) is 13.2 Å². The quantitative estimate of drug-likeness (QED) is 0.453. The van der Waals surface area contributed by atoms with Crippen molar-refractivity contribution in [2.45, 2.75) is 13.3 Å². The summed E-state index contributed by atoms with van der Waals surface area (Å²) in [4.78, 5) is 33.9. The molecule has 0 bridgehead atoms. The third kappa shape index (κ3) is 5.97. The van der Waals surface area contributed by atoms with Crippen molar-refractivity contribution in [1.29, 1.82) is 0 Å². The topological polar surface area (TPSA) is 108 Å². The Balaban J connectivity index is 1.91. The number of amides is 1. The van der Waals surface area contributed by atoms with Crippen LogP contribution in [0.25, 0.3) is 0 Å². The van der Waals surface area contributed by atoms with Crippen molar-refractivity contribution in [3.63, 3.8) is 0 Å². The molecule has 2 aromatic carbocycles. The fourth-order valence-electron chi connectivity index (χ4n) is 2.08. The number of halogens is 3. The molecule has 0 aliphatic heterocycles. The number of rotatable bonds is 6. The molecule has 0 atom stereocenters. The highest BCUT2D eigenvalue weighted by molar-refractivity contribution is 5.95. The van der Waals surface area contributed by atoms with Crippen molar-refractivity contribution in [3.05, 3.63) is 63.7 Å². The van der Waals surface area contributed by atoms with Crippen LogP contribution in [0.4, 0.5) is 24.5 Å². The zero-order valence-corrected chi connectivity index (χ0v) is 14.3. The number of nitrogens with one attached hydrogen (secondary N) is 1. The molecular weight excluding hydrogens is 385 g/mol. The van der Waals surface area contributed by atoms with Crippen molar-refractivity contribution in [2.75, 3.05) is 11.9 Å². The van der Waals surface area contributed by atoms with Gasteiger partial charge < -0.3 is 14.8 Å². The van der Waals surface area contributed by atoms with Crippen molar-refractivity contribution in [1.82, 2.24) is 0 Å².